The number of carbonyl (C=O) groups excluding carboxylic acids is 2. The highest BCUT2D eigenvalue weighted by Crippen LogP contribution is 2.26. The van der Waals surface area contributed by atoms with Crippen molar-refractivity contribution in [1.29, 1.82) is 0 Å². The van der Waals surface area contributed by atoms with Crippen LogP contribution in [0.2, 0.25) is 0 Å². The highest BCUT2D eigenvalue weighted by atomic mass is 16.5. The SMILES string of the molecule is COC(=O)C1CCN(C(=O)C(C)Cc2c(C)nn(C)c2C)CC1C. The van der Waals surface area contributed by atoms with Gasteiger partial charge in [0.05, 0.1) is 18.7 Å². The minimum absolute atomic E-state index is 0.0894. The van der Waals surface area contributed by atoms with E-state index in [9.17, 15) is 9.59 Å². The van der Waals surface area contributed by atoms with E-state index in [1.54, 1.807) is 0 Å². The molecule has 1 fully saturated rings. The fraction of sp³-hybridized carbons (Fsp3) is 0.722. The molecule has 0 bridgehead atoms. The topological polar surface area (TPSA) is 64.4 Å². The Morgan fingerprint density at radius 1 is 1.38 bits per heavy atom. The standard InChI is InChI=1S/C18H29N3O3/c1-11(9-16-13(3)19-20(5)14(16)4)17(22)21-8-7-15(12(2)10-21)18(23)24-6/h11-12,15H,7-10H2,1-6H3. The van der Waals surface area contributed by atoms with Crippen molar-refractivity contribution in [1.82, 2.24) is 14.7 Å². The Morgan fingerprint density at radius 2 is 2.04 bits per heavy atom. The first-order chi connectivity index (χ1) is 11.3. The van der Waals surface area contributed by atoms with Gasteiger partial charge in [-0.25, -0.2) is 0 Å². The van der Waals surface area contributed by atoms with Gasteiger partial charge in [0.1, 0.15) is 0 Å². The van der Waals surface area contributed by atoms with E-state index >= 15 is 0 Å². The number of likely N-dealkylation sites (tertiary alicyclic amines) is 1. The molecule has 2 heterocycles. The van der Waals surface area contributed by atoms with Crippen molar-refractivity contribution in [3.8, 4) is 0 Å². The normalized spacial score (nSPS) is 22.3. The molecule has 6 nitrogen and oxygen atoms in total. The van der Waals surface area contributed by atoms with Crippen molar-refractivity contribution in [3.63, 3.8) is 0 Å². The number of methoxy groups -OCH3 is 1. The van der Waals surface area contributed by atoms with E-state index in [0.29, 0.717) is 25.9 Å². The Morgan fingerprint density at radius 3 is 2.54 bits per heavy atom. The first-order valence-electron chi connectivity index (χ1n) is 8.61. The first kappa shape index (κ1) is 18.5. The van der Waals surface area contributed by atoms with Crippen molar-refractivity contribution in [2.24, 2.45) is 24.8 Å². The minimum Gasteiger partial charge on any atom is -0.469 e. The molecule has 1 amide bonds. The third kappa shape index (κ3) is 3.62. The van der Waals surface area contributed by atoms with E-state index in [-0.39, 0.29) is 29.6 Å². The number of amides is 1. The lowest BCUT2D eigenvalue weighted by atomic mass is 9.86. The molecule has 134 valence electrons. The van der Waals surface area contributed by atoms with Crippen LogP contribution in [-0.2, 0) is 27.8 Å². The van der Waals surface area contributed by atoms with Crippen LogP contribution in [0.1, 0.15) is 37.2 Å². The van der Waals surface area contributed by atoms with Crippen molar-refractivity contribution in [2.75, 3.05) is 20.2 Å². The van der Waals surface area contributed by atoms with Crippen LogP contribution in [0.3, 0.4) is 0 Å². The zero-order valence-electron chi connectivity index (χ0n) is 15.6. The summed E-state index contributed by atoms with van der Waals surface area (Å²) in [6.45, 7) is 9.26. The van der Waals surface area contributed by atoms with Crippen LogP contribution in [-0.4, -0.2) is 46.8 Å². The van der Waals surface area contributed by atoms with Gasteiger partial charge in [0.15, 0.2) is 0 Å². The summed E-state index contributed by atoms with van der Waals surface area (Å²) in [6.07, 6.45) is 1.38. The number of aryl methyl sites for hydroxylation is 2. The molecular formula is C18H29N3O3. The molecule has 3 unspecified atom stereocenters. The van der Waals surface area contributed by atoms with Gasteiger partial charge in [-0.2, -0.15) is 5.10 Å². The van der Waals surface area contributed by atoms with E-state index < -0.39 is 0 Å². The van der Waals surface area contributed by atoms with Gasteiger partial charge in [-0.1, -0.05) is 13.8 Å². The van der Waals surface area contributed by atoms with Crippen LogP contribution < -0.4 is 0 Å². The molecular weight excluding hydrogens is 306 g/mol. The summed E-state index contributed by atoms with van der Waals surface area (Å²) in [4.78, 5) is 26.5. The van der Waals surface area contributed by atoms with Crippen molar-refractivity contribution >= 4 is 11.9 Å². The third-order valence-corrected chi connectivity index (χ3v) is 5.31. The highest BCUT2D eigenvalue weighted by molar-refractivity contribution is 5.79. The Labute approximate surface area is 144 Å². The van der Waals surface area contributed by atoms with Gasteiger partial charge < -0.3 is 9.64 Å². The zero-order valence-corrected chi connectivity index (χ0v) is 15.6. The quantitative estimate of drug-likeness (QED) is 0.788. The average Bonchev–Trinajstić information content (AvgIpc) is 2.79. The van der Waals surface area contributed by atoms with E-state index in [1.807, 2.05) is 44.3 Å². The second-order valence-electron chi connectivity index (χ2n) is 7.06. The predicted molar refractivity (Wildman–Crippen MR) is 91.4 cm³/mol. The zero-order chi connectivity index (χ0) is 18.0. The van der Waals surface area contributed by atoms with E-state index in [0.717, 1.165) is 17.0 Å². The third-order valence-electron chi connectivity index (χ3n) is 5.31. The number of esters is 1. The van der Waals surface area contributed by atoms with Gasteiger partial charge >= 0.3 is 5.97 Å². The minimum atomic E-state index is -0.163. The predicted octanol–water partition coefficient (Wildman–Crippen LogP) is 1.87. The van der Waals surface area contributed by atoms with Gasteiger partial charge in [-0.05, 0) is 38.2 Å². The van der Waals surface area contributed by atoms with Crippen molar-refractivity contribution < 1.29 is 14.3 Å². The van der Waals surface area contributed by atoms with E-state index in [1.165, 1.54) is 7.11 Å². The number of nitrogens with zero attached hydrogens (tertiary/aromatic N) is 3. The van der Waals surface area contributed by atoms with Gasteiger partial charge in [0.2, 0.25) is 5.91 Å². The van der Waals surface area contributed by atoms with Gasteiger partial charge in [-0.15, -0.1) is 0 Å². The number of aromatic nitrogens is 2. The van der Waals surface area contributed by atoms with E-state index in [4.69, 9.17) is 4.74 Å². The van der Waals surface area contributed by atoms with Crippen LogP contribution in [0.15, 0.2) is 0 Å². The average molecular weight is 335 g/mol. The number of ether oxygens (including phenoxy) is 1. The molecule has 0 aromatic carbocycles. The Hall–Kier alpha value is -1.85. The van der Waals surface area contributed by atoms with Crippen LogP contribution in [0.5, 0.6) is 0 Å². The lowest BCUT2D eigenvalue weighted by molar-refractivity contribution is -0.152. The number of carbonyl (C=O) groups is 2. The molecule has 0 saturated carbocycles. The first-order valence-corrected chi connectivity index (χ1v) is 8.61. The number of hydrogen-bond acceptors (Lipinski definition) is 4. The summed E-state index contributed by atoms with van der Waals surface area (Å²) in [5, 5.41) is 4.43. The summed E-state index contributed by atoms with van der Waals surface area (Å²) in [5.74, 6) is -0.0630. The second-order valence-corrected chi connectivity index (χ2v) is 7.06. The monoisotopic (exact) mass is 335 g/mol. The molecule has 0 radical (unpaired) electrons. The summed E-state index contributed by atoms with van der Waals surface area (Å²) >= 11 is 0. The molecule has 0 N–H and O–H groups in total. The molecule has 2 rings (SSSR count). The molecule has 1 aliphatic rings. The van der Waals surface area contributed by atoms with Crippen LogP contribution in [0.4, 0.5) is 0 Å². The van der Waals surface area contributed by atoms with Gasteiger partial charge in [-0.3, -0.25) is 14.3 Å². The maximum atomic E-state index is 12.8. The van der Waals surface area contributed by atoms with Gasteiger partial charge in [0, 0.05) is 31.7 Å². The largest absolute Gasteiger partial charge is 0.469 e. The maximum Gasteiger partial charge on any atom is 0.309 e. The van der Waals surface area contributed by atoms with Crippen LogP contribution in [0, 0.1) is 31.6 Å². The molecule has 3 atom stereocenters. The second kappa shape index (κ2) is 7.36. The molecule has 24 heavy (non-hydrogen) atoms. The molecule has 0 spiro atoms. The summed E-state index contributed by atoms with van der Waals surface area (Å²) < 4.78 is 6.73. The Bertz CT molecular complexity index is 623. The van der Waals surface area contributed by atoms with Crippen LogP contribution in [0.25, 0.3) is 0 Å². The van der Waals surface area contributed by atoms with Crippen LogP contribution >= 0.6 is 0 Å². The Balaban J connectivity index is 2.00. The Kier molecular flexibility index (Phi) is 5.67. The molecule has 0 aliphatic carbocycles. The molecule has 1 aliphatic heterocycles. The van der Waals surface area contributed by atoms with Gasteiger partial charge in [0.25, 0.3) is 0 Å². The fourth-order valence-corrected chi connectivity index (χ4v) is 3.67. The number of hydrogen-bond donors (Lipinski definition) is 0. The van der Waals surface area contributed by atoms with E-state index in [2.05, 4.69) is 5.10 Å². The summed E-state index contributed by atoms with van der Waals surface area (Å²) in [7, 11) is 3.35. The number of piperidine rings is 1. The molecule has 1 aromatic rings. The smallest absolute Gasteiger partial charge is 0.309 e. The highest BCUT2D eigenvalue weighted by Gasteiger charge is 2.35. The number of rotatable bonds is 4. The fourth-order valence-electron chi connectivity index (χ4n) is 3.67. The van der Waals surface area contributed by atoms with Crippen molar-refractivity contribution in [3.05, 3.63) is 17.0 Å². The van der Waals surface area contributed by atoms with Crippen molar-refractivity contribution in [2.45, 2.75) is 40.5 Å². The lowest BCUT2D eigenvalue weighted by Crippen LogP contribution is -2.47. The summed E-state index contributed by atoms with van der Waals surface area (Å²) in [6, 6.07) is 0. The lowest BCUT2D eigenvalue weighted by Gasteiger charge is -2.36. The molecule has 1 aromatic heterocycles. The summed E-state index contributed by atoms with van der Waals surface area (Å²) in [5.41, 5.74) is 3.27. The molecule has 1 saturated heterocycles. The maximum absolute atomic E-state index is 12.8. The molecule has 6 heteroatoms.